The molecule has 0 aromatic carbocycles. The summed E-state index contributed by atoms with van der Waals surface area (Å²) < 4.78 is 2.05. The first-order valence-corrected chi connectivity index (χ1v) is 6.85. The van der Waals surface area contributed by atoms with Crippen LogP contribution in [0.15, 0.2) is 55.5 Å². The van der Waals surface area contributed by atoms with Crippen LogP contribution in [-0.4, -0.2) is 31.0 Å². The molecule has 1 N–H and O–H groups in total. The smallest absolute Gasteiger partial charge is 0.223 e. The van der Waals surface area contributed by atoms with Gasteiger partial charge in [0.25, 0.3) is 0 Å². The molecule has 0 unspecified atom stereocenters. The van der Waals surface area contributed by atoms with Crippen LogP contribution in [0.25, 0.3) is 11.3 Å². The van der Waals surface area contributed by atoms with E-state index in [1.54, 1.807) is 24.8 Å². The summed E-state index contributed by atoms with van der Waals surface area (Å²) >= 11 is 0. The van der Waals surface area contributed by atoms with Gasteiger partial charge in [0.15, 0.2) is 0 Å². The SMILES string of the molecule is c1cc(-c2ccnc(NCCCn3ccnc3)n2)ccn1. The molecule has 3 aromatic heterocycles. The van der Waals surface area contributed by atoms with Gasteiger partial charge in [-0.05, 0) is 24.6 Å². The highest BCUT2D eigenvalue weighted by molar-refractivity contribution is 5.58. The van der Waals surface area contributed by atoms with Gasteiger partial charge in [-0.15, -0.1) is 0 Å². The van der Waals surface area contributed by atoms with Gasteiger partial charge < -0.3 is 9.88 Å². The van der Waals surface area contributed by atoms with Gasteiger partial charge in [0, 0.05) is 49.6 Å². The molecule has 106 valence electrons. The molecular formula is C15H16N6. The second-order valence-corrected chi connectivity index (χ2v) is 4.58. The van der Waals surface area contributed by atoms with E-state index in [2.05, 4.69) is 29.8 Å². The van der Waals surface area contributed by atoms with Crippen molar-refractivity contribution in [3.05, 3.63) is 55.5 Å². The Morgan fingerprint density at radius 1 is 1.00 bits per heavy atom. The summed E-state index contributed by atoms with van der Waals surface area (Å²) in [6, 6.07) is 5.77. The minimum Gasteiger partial charge on any atom is -0.354 e. The molecule has 3 rings (SSSR count). The van der Waals surface area contributed by atoms with E-state index in [1.807, 2.05) is 30.7 Å². The molecule has 6 nitrogen and oxygen atoms in total. The molecule has 3 heterocycles. The number of nitrogens with one attached hydrogen (secondary N) is 1. The van der Waals surface area contributed by atoms with Crippen molar-refractivity contribution in [2.45, 2.75) is 13.0 Å². The average molecular weight is 280 g/mol. The number of imidazole rings is 1. The predicted octanol–water partition coefficient (Wildman–Crippen LogP) is 2.24. The molecule has 0 aliphatic heterocycles. The third-order valence-corrected chi connectivity index (χ3v) is 3.07. The number of nitrogens with zero attached hydrogens (tertiary/aromatic N) is 5. The van der Waals surface area contributed by atoms with Gasteiger partial charge in [0.1, 0.15) is 0 Å². The second-order valence-electron chi connectivity index (χ2n) is 4.58. The number of aryl methyl sites for hydroxylation is 1. The summed E-state index contributed by atoms with van der Waals surface area (Å²) in [7, 11) is 0. The van der Waals surface area contributed by atoms with Crippen molar-refractivity contribution in [1.82, 2.24) is 24.5 Å². The molecule has 0 aliphatic carbocycles. The fourth-order valence-electron chi connectivity index (χ4n) is 2.01. The first-order chi connectivity index (χ1) is 10.4. The lowest BCUT2D eigenvalue weighted by Crippen LogP contribution is -2.08. The standard InChI is InChI=1S/C15H16N6/c1(10-21-11-9-17-12-21)5-18-15-19-8-4-14(20-15)13-2-6-16-7-3-13/h2-4,6-9,11-12H,1,5,10H2,(H,18,19,20). The van der Waals surface area contributed by atoms with E-state index in [4.69, 9.17) is 0 Å². The van der Waals surface area contributed by atoms with Crippen LogP contribution in [0.3, 0.4) is 0 Å². The van der Waals surface area contributed by atoms with E-state index < -0.39 is 0 Å². The minimum absolute atomic E-state index is 0.648. The van der Waals surface area contributed by atoms with Crippen molar-refractivity contribution in [1.29, 1.82) is 0 Å². The zero-order chi connectivity index (χ0) is 14.3. The molecule has 0 amide bonds. The summed E-state index contributed by atoms with van der Waals surface area (Å²) in [6.07, 6.45) is 11.8. The van der Waals surface area contributed by atoms with Gasteiger partial charge in [-0.25, -0.2) is 15.0 Å². The average Bonchev–Trinajstić information content (AvgIpc) is 3.06. The first kappa shape index (κ1) is 13.2. The zero-order valence-electron chi connectivity index (χ0n) is 11.6. The maximum Gasteiger partial charge on any atom is 0.223 e. The lowest BCUT2D eigenvalue weighted by molar-refractivity contribution is 0.659. The van der Waals surface area contributed by atoms with Crippen molar-refractivity contribution < 1.29 is 0 Å². The van der Waals surface area contributed by atoms with Crippen LogP contribution in [0.4, 0.5) is 5.95 Å². The minimum atomic E-state index is 0.648. The van der Waals surface area contributed by atoms with E-state index in [0.29, 0.717) is 5.95 Å². The Morgan fingerprint density at radius 2 is 1.90 bits per heavy atom. The van der Waals surface area contributed by atoms with Crippen molar-refractivity contribution in [2.24, 2.45) is 0 Å². The second kappa shape index (κ2) is 6.60. The maximum absolute atomic E-state index is 4.51. The summed E-state index contributed by atoms with van der Waals surface area (Å²) in [5.41, 5.74) is 1.93. The Bertz CT molecular complexity index is 666. The van der Waals surface area contributed by atoms with Crippen molar-refractivity contribution in [3.8, 4) is 11.3 Å². The first-order valence-electron chi connectivity index (χ1n) is 6.85. The summed E-state index contributed by atoms with van der Waals surface area (Å²) in [5, 5.41) is 3.25. The van der Waals surface area contributed by atoms with Crippen LogP contribution in [0.2, 0.25) is 0 Å². The van der Waals surface area contributed by atoms with Crippen molar-refractivity contribution in [3.63, 3.8) is 0 Å². The summed E-state index contributed by atoms with van der Waals surface area (Å²) in [5.74, 6) is 0.648. The highest BCUT2D eigenvalue weighted by Crippen LogP contribution is 2.15. The summed E-state index contributed by atoms with van der Waals surface area (Å²) in [6.45, 7) is 1.75. The molecule has 0 bridgehead atoms. The van der Waals surface area contributed by atoms with E-state index in [-0.39, 0.29) is 0 Å². The normalized spacial score (nSPS) is 10.5. The van der Waals surface area contributed by atoms with E-state index in [0.717, 1.165) is 30.8 Å². The molecule has 0 atom stereocenters. The monoisotopic (exact) mass is 280 g/mol. The van der Waals surface area contributed by atoms with E-state index in [9.17, 15) is 0 Å². The van der Waals surface area contributed by atoms with Crippen molar-refractivity contribution in [2.75, 3.05) is 11.9 Å². The van der Waals surface area contributed by atoms with Crippen LogP contribution >= 0.6 is 0 Å². The van der Waals surface area contributed by atoms with Gasteiger partial charge in [0.05, 0.1) is 12.0 Å². The molecule has 6 heteroatoms. The molecule has 3 aromatic rings. The third kappa shape index (κ3) is 3.62. The van der Waals surface area contributed by atoms with Gasteiger partial charge in [-0.2, -0.15) is 0 Å². The Hall–Kier alpha value is -2.76. The topological polar surface area (TPSA) is 68.5 Å². The summed E-state index contributed by atoms with van der Waals surface area (Å²) in [4.78, 5) is 16.8. The maximum atomic E-state index is 4.51. The Kier molecular flexibility index (Phi) is 4.16. The zero-order valence-corrected chi connectivity index (χ0v) is 11.6. The highest BCUT2D eigenvalue weighted by Gasteiger charge is 2.01. The van der Waals surface area contributed by atoms with E-state index >= 15 is 0 Å². The number of hydrogen-bond donors (Lipinski definition) is 1. The molecule has 0 spiro atoms. The molecule has 21 heavy (non-hydrogen) atoms. The van der Waals surface area contributed by atoms with Crippen LogP contribution in [0.1, 0.15) is 6.42 Å². The van der Waals surface area contributed by atoms with Crippen LogP contribution in [0.5, 0.6) is 0 Å². The molecule has 0 fully saturated rings. The van der Waals surface area contributed by atoms with Crippen LogP contribution < -0.4 is 5.32 Å². The quantitative estimate of drug-likeness (QED) is 0.701. The number of aromatic nitrogens is 5. The number of anilines is 1. The molecule has 0 saturated carbocycles. The van der Waals surface area contributed by atoms with Gasteiger partial charge in [-0.3, -0.25) is 4.98 Å². The largest absolute Gasteiger partial charge is 0.354 e. The number of hydrogen-bond acceptors (Lipinski definition) is 5. The molecule has 0 saturated heterocycles. The van der Waals surface area contributed by atoms with Crippen LogP contribution in [-0.2, 0) is 6.54 Å². The predicted molar refractivity (Wildman–Crippen MR) is 80.6 cm³/mol. The van der Waals surface area contributed by atoms with Gasteiger partial charge in [0.2, 0.25) is 5.95 Å². The molecule has 0 radical (unpaired) electrons. The Morgan fingerprint density at radius 3 is 2.71 bits per heavy atom. The third-order valence-electron chi connectivity index (χ3n) is 3.07. The Balaban J connectivity index is 1.56. The van der Waals surface area contributed by atoms with E-state index in [1.165, 1.54) is 0 Å². The Labute approximate surface area is 122 Å². The lowest BCUT2D eigenvalue weighted by atomic mass is 10.2. The number of rotatable bonds is 6. The fraction of sp³-hybridized carbons (Fsp3) is 0.200. The van der Waals surface area contributed by atoms with Crippen LogP contribution in [0, 0.1) is 0 Å². The molecular weight excluding hydrogens is 264 g/mol. The van der Waals surface area contributed by atoms with Gasteiger partial charge >= 0.3 is 0 Å². The lowest BCUT2D eigenvalue weighted by Gasteiger charge is -2.07. The highest BCUT2D eigenvalue weighted by atomic mass is 15.1. The molecule has 0 aliphatic rings. The fourth-order valence-corrected chi connectivity index (χ4v) is 2.01. The van der Waals surface area contributed by atoms with Gasteiger partial charge in [-0.1, -0.05) is 0 Å². The number of pyridine rings is 1. The van der Waals surface area contributed by atoms with Crippen molar-refractivity contribution >= 4 is 5.95 Å².